The van der Waals surface area contributed by atoms with Crippen molar-refractivity contribution in [3.63, 3.8) is 0 Å². The van der Waals surface area contributed by atoms with Crippen LogP contribution >= 0.6 is 0 Å². The highest BCUT2D eigenvalue weighted by Crippen LogP contribution is 2.44. The molecule has 0 unspecified atom stereocenters. The smallest absolute Gasteiger partial charge is 0.280 e. The Hall–Kier alpha value is -2.08. The molecule has 2 aromatic heterocycles. The number of aliphatic hydroxyl groups is 1. The zero-order valence-electron chi connectivity index (χ0n) is 20.1. The molecule has 3 atom stereocenters. The number of ether oxygens (including phenoxy) is 1. The van der Waals surface area contributed by atoms with Crippen LogP contribution in [-0.2, 0) is 14.0 Å². The lowest BCUT2D eigenvalue weighted by atomic mass is 9.78. The van der Waals surface area contributed by atoms with E-state index in [1.54, 1.807) is 20.8 Å². The van der Waals surface area contributed by atoms with E-state index in [-0.39, 0.29) is 41.0 Å². The van der Waals surface area contributed by atoms with E-state index in [0.717, 1.165) is 0 Å². The first-order chi connectivity index (χ1) is 14.5. The normalized spacial score (nSPS) is 24.9. The Kier molecular flexibility index (Phi) is 5.95. The van der Waals surface area contributed by atoms with Gasteiger partial charge in [-0.25, -0.2) is 4.98 Å². The Morgan fingerprint density at radius 1 is 1.38 bits per heavy atom. The van der Waals surface area contributed by atoms with Gasteiger partial charge in [-0.1, -0.05) is 41.5 Å². The number of anilines is 1. The molecule has 0 radical (unpaired) electrons. The number of hydrogen-bond acceptors (Lipinski definition) is 8. The number of aliphatic hydroxyl groups excluding tert-OH is 1. The van der Waals surface area contributed by atoms with Gasteiger partial charge in [0.2, 0.25) is 5.95 Å². The molecule has 1 aliphatic heterocycles. The van der Waals surface area contributed by atoms with Crippen LogP contribution in [0, 0.1) is 5.41 Å². The molecule has 0 amide bonds. The monoisotopic (exact) mass is 465 g/mol. The van der Waals surface area contributed by atoms with Crippen LogP contribution < -0.4 is 11.3 Å². The minimum atomic E-state index is -2.24. The second-order valence-corrected chi connectivity index (χ2v) is 15.9. The van der Waals surface area contributed by atoms with E-state index in [2.05, 4.69) is 48.8 Å². The van der Waals surface area contributed by atoms with Crippen molar-refractivity contribution in [3.05, 3.63) is 16.7 Å². The Labute approximate surface area is 188 Å². The van der Waals surface area contributed by atoms with Crippen molar-refractivity contribution >= 4 is 31.2 Å². The number of nitrogens with two attached hydrogens (primary N) is 1. The number of aromatic amines is 1. The molecule has 32 heavy (non-hydrogen) atoms. The predicted molar refractivity (Wildman–Crippen MR) is 124 cm³/mol. The fourth-order valence-corrected chi connectivity index (χ4v) is 4.62. The highest BCUT2D eigenvalue weighted by atomic mass is 28.4. The van der Waals surface area contributed by atoms with Crippen LogP contribution in [0.5, 0.6) is 0 Å². The molecular weight excluding hydrogens is 430 g/mol. The number of aromatic nitrogens is 4. The van der Waals surface area contributed by atoms with Crippen LogP contribution in [0.1, 0.15) is 54.2 Å². The standard InChI is InChI=1S/C21H35N5O5Si/c1-19(2,3)17(29)21(10-30-32(7,8)20(4,5)6)12(27)9-13(31-21)26-11-23-14-15(26)24-18(22)25-16(14)28/h11-13,27H,9-10H2,1-8H3,(H3,22,24,25,28)/t12-,13+,21+/m0/s1. The lowest BCUT2D eigenvalue weighted by Gasteiger charge is -2.41. The first-order valence-electron chi connectivity index (χ1n) is 10.8. The molecule has 0 spiro atoms. The van der Waals surface area contributed by atoms with Crippen molar-refractivity contribution in [1.82, 2.24) is 19.5 Å². The first-order valence-corrected chi connectivity index (χ1v) is 13.7. The van der Waals surface area contributed by atoms with Gasteiger partial charge in [-0.05, 0) is 18.1 Å². The maximum atomic E-state index is 13.6. The van der Waals surface area contributed by atoms with Crippen LogP contribution in [0.4, 0.5) is 5.95 Å². The average molecular weight is 466 g/mol. The number of H-pyrrole nitrogens is 1. The third-order valence-corrected chi connectivity index (χ3v) is 11.1. The molecule has 0 aliphatic carbocycles. The van der Waals surface area contributed by atoms with Gasteiger partial charge in [0.05, 0.1) is 19.0 Å². The summed E-state index contributed by atoms with van der Waals surface area (Å²) >= 11 is 0. The Morgan fingerprint density at radius 2 is 2.00 bits per heavy atom. The van der Waals surface area contributed by atoms with E-state index < -0.39 is 37.2 Å². The lowest BCUT2D eigenvalue weighted by Crippen LogP contribution is -2.58. The summed E-state index contributed by atoms with van der Waals surface area (Å²) in [7, 11) is -2.24. The number of imidazole rings is 1. The summed E-state index contributed by atoms with van der Waals surface area (Å²) in [5.74, 6) is -0.297. The number of ketones is 1. The summed E-state index contributed by atoms with van der Waals surface area (Å²) in [5.41, 5.74) is 3.24. The summed E-state index contributed by atoms with van der Waals surface area (Å²) in [6.07, 6.45) is -0.350. The molecule has 2 aromatic rings. The van der Waals surface area contributed by atoms with Gasteiger partial charge in [-0.15, -0.1) is 0 Å². The van der Waals surface area contributed by atoms with E-state index in [1.807, 2.05) is 0 Å². The first kappa shape index (κ1) is 24.6. The van der Waals surface area contributed by atoms with Crippen LogP contribution in [0.2, 0.25) is 18.1 Å². The van der Waals surface area contributed by atoms with Gasteiger partial charge in [0.25, 0.3) is 5.56 Å². The third-order valence-electron chi connectivity index (χ3n) is 6.59. The van der Waals surface area contributed by atoms with Crippen molar-refractivity contribution in [1.29, 1.82) is 0 Å². The second-order valence-electron chi connectivity index (χ2n) is 11.1. The van der Waals surface area contributed by atoms with Gasteiger partial charge < -0.3 is 20.0 Å². The number of Topliss-reactive ketones (excluding diaryl/α,β-unsaturated/α-hetero) is 1. The second kappa shape index (κ2) is 7.75. The van der Waals surface area contributed by atoms with E-state index in [1.165, 1.54) is 10.9 Å². The summed E-state index contributed by atoms with van der Waals surface area (Å²) < 4.78 is 14.2. The molecule has 0 bridgehead atoms. The molecule has 0 aromatic carbocycles. The molecular formula is C21H35N5O5Si. The van der Waals surface area contributed by atoms with E-state index in [9.17, 15) is 14.7 Å². The van der Waals surface area contributed by atoms with Gasteiger partial charge in [-0.3, -0.25) is 19.1 Å². The summed E-state index contributed by atoms with van der Waals surface area (Å²) in [6, 6.07) is 0. The van der Waals surface area contributed by atoms with Crippen LogP contribution in [-0.4, -0.2) is 57.0 Å². The molecule has 1 fully saturated rings. The molecule has 1 saturated heterocycles. The van der Waals surface area contributed by atoms with E-state index in [0.29, 0.717) is 0 Å². The predicted octanol–water partition coefficient (Wildman–Crippen LogP) is 2.36. The zero-order chi connectivity index (χ0) is 24.3. The summed E-state index contributed by atoms with van der Waals surface area (Å²) in [6.45, 7) is 15.8. The van der Waals surface area contributed by atoms with Gasteiger partial charge in [0.15, 0.2) is 30.9 Å². The number of nitrogen functional groups attached to an aromatic ring is 1. The molecule has 178 valence electrons. The molecule has 3 rings (SSSR count). The van der Waals surface area contributed by atoms with Gasteiger partial charge in [0, 0.05) is 11.8 Å². The van der Waals surface area contributed by atoms with Crippen LogP contribution in [0.15, 0.2) is 11.1 Å². The average Bonchev–Trinajstić information content (AvgIpc) is 3.19. The summed E-state index contributed by atoms with van der Waals surface area (Å²) in [4.78, 5) is 36.4. The molecule has 0 saturated carbocycles. The van der Waals surface area contributed by atoms with Crippen molar-refractivity contribution in [2.75, 3.05) is 12.3 Å². The SMILES string of the molecule is CC(C)(C)C(=O)[C@]1(CO[Si](C)(C)C(C)(C)C)O[C@@H](n2cnc3c(=O)[nH]c(N)nc32)C[C@@H]1O. The molecule has 4 N–H and O–H groups in total. The number of nitrogens with one attached hydrogen (secondary N) is 1. The number of carbonyl (C=O) groups excluding carboxylic acids is 1. The Bertz CT molecular complexity index is 1080. The van der Waals surface area contributed by atoms with E-state index >= 15 is 0 Å². The fraction of sp³-hybridized carbons (Fsp3) is 0.714. The number of hydrogen-bond donors (Lipinski definition) is 3. The Morgan fingerprint density at radius 3 is 2.56 bits per heavy atom. The zero-order valence-corrected chi connectivity index (χ0v) is 21.1. The van der Waals surface area contributed by atoms with Gasteiger partial charge in [-0.2, -0.15) is 4.98 Å². The highest BCUT2D eigenvalue weighted by Gasteiger charge is 2.58. The lowest BCUT2D eigenvalue weighted by molar-refractivity contribution is -0.170. The van der Waals surface area contributed by atoms with Crippen LogP contribution in [0.25, 0.3) is 11.2 Å². The topological polar surface area (TPSA) is 145 Å². The molecule has 1 aliphatic rings. The molecule has 10 nitrogen and oxygen atoms in total. The van der Waals surface area contributed by atoms with E-state index in [4.69, 9.17) is 14.9 Å². The third kappa shape index (κ3) is 4.14. The van der Waals surface area contributed by atoms with Crippen LogP contribution in [0.3, 0.4) is 0 Å². The Balaban J connectivity index is 2.02. The summed E-state index contributed by atoms with van der Waals surface area (Å²) in [5, 5.41) is 11.1. The number of fused-ring (bicyclic) bond motifs is 1. The maximum Gasteiger partial charge on any atom is 0.280 e. The van der Waals surface area contributed by atoms with Crippen molar-refractivity contribution in [3.8, 4) is 0 Å². The molecule has 11 heteroatoms. The highest BCUT2D eigenvalue weighted by molar-refractivity contribution is 6.74. The van der Waals surface area contributed by atoms with Crippen molar-refractivity contribution < 1.29 is 19.1 Å². The number of carbonyl (C=O) groups is 1. The van der Waals surface area contributed by atoms with Gasteiger partial charge in [0.1, 0.15) is 6.23 Å². The van der Waals surface area contributed by atoms with Crippen molar-refractivity contribution in [2.24, 2.45) is 5.41 Å². The van der Waals surface area contributed by atoms with Crippen molar-refractivity contribution in [2.45, 2.75) is 84.0 Å². The maximum absolute atomic E-state index is 13.6. The minimum Gasteiger partial charge on any atom is -0.413 e. The number of nitrogens with zero attached hydrogens (tertiary/aromatic N) is 3. The fourth-order valence-electron chi connectivity index (χ4n) is 3.61. The van der Waals surface area contributed by atoms with Gasteiger partial charge >= 0.3 is 0 Å². The molecule has 3 heterocycles. The minimum absolute atomic E-state index is 0.0545. The number of rotatable bonds is 5. The quantitative estimate of drug-likeness (QED) is 0.571. The largest absolute Gasteiger partial charge is 0.413 e.